The smallest absolute Gasteiger partial charge is 0.0541 e. The van der Waals surface area contributed by atoms with E-state index in [1.54, 1.807) is 0 Å². The van der Waals surface area contributed by atoms with Crippen LogP contribution in [0.5, 0.6) is 0 Å². The monoisotopic (exact) mass is 512 g/mol. The van der Waals surface area contributed by atoms with Crippen molar-refractivity contribution in [3.05, 3.63) is 145 Å². The highest BCUT2D eigenvalue weighted by Crippen LogP contribution is 2.35. The molecule has 0 unspecified atom stereocenters. The summed E-state index contributed by atoms with van der Waals surface area (Å²) in [4.78, 5) is 0. The van der Waals surface area contributed by atoms with Crippen LogP contribution in [0.1, 0.15) is 11.1 Å². The Morgan fingerprint density at radius 1 is 0.350 bits per heavy atom. The first kappa shape index (κ1) is 22.9. The van der Waals surface area contributed by atoms with Gasteiger partial charge in [-0.1, -0.05) is 83.9 Å². The lowest BCUT2D eigenvalue weighted by Crippen LogP contribution is -1.94. The van der Waals surface area contributed by atoms with E-state index < -0.39 is 0 Å². The fraction of sp³-hybridized carbons (Fsp3) is 0.0526. The van der Waals surface area contributed by atoms with Gasteiger partial charge >= 0.3 is 0 Å². The second kappa shape index (κ2) is 8.72. The minimum Gasteiger partial charge on any atom is -0.309 e. The number of fused-ring (bicyclic) bond motifs is 6. The quantitative estimate of drug-likeness (QED) is 0.223. The minimum absolute atomic E-state index is 1.17. The van der Waals surface area contributed by atoms with Gasteiger partial charge in [0.15, 0.2) is 0 Å². The zero-order valence-electron chi connectivity index (χ0n) is 22.6. The number of nitrogens with zero attached hydrogens (tertiary/aromatic N) is 2. The molecule has 0 N–H and O–H groups in total. The molecule has 8 rings (SSSR count). The average Bonchev–Trinajstić information content (AvgIpc) is 3.50. The van der Waals surface area contributed by atoms with Gasteiger partial charge < -0.3 is 9.13 Å². The summed E-state index contributed by atoms with van der Waals surface area (Å²) in [6.07, 6.45) is 0. The molecule has 0 aliphatic heterocycles. The van der Waals surface area contributed by atoms with Crippen LogP contribution in [0.25, 0.3) is 66.1 Å². The van der Waals surface area contributed by atoms with Crippen molar-refractivity contribution in [2.24, 2.45) is 0 Å². The van der Waals surface area contributed by atoms with Crippen LogP contribution in [-0.4, -0.2) is 9.13 Å². The Bertz CT molecular complexity index is 2100. The van der Waals surface area contributed by atoms with Crippen LogP contribution in [0.3, 0.4) is 0 Å². The summed E-state index contributed by atoms with van der Waals surface area (Å²) in [6.45, 7) is 4.33. The summed E-state index contributed by atoms with van der Waals surface area (Å²) in [6, 6.07) is 48.8. The maximum atomic E-state index is 2.39. The average molecular weight is 513 g/mol. The van der Waals surface area contributed by atoms with Gasteiger partial charge in [-0.3, -0.25) is 0 Å². The van der Waals surface area contributed by atoms with E-state index in [-0.39, 0.29) is 0 Å². The first-order chi connectivity index (χ1) is 19.7. The van der Waals surface area contributed by atoms with Crippen molar-refractivity contribution in [2.45, 2.75) is 13.8 Å². The molecule has 0 aliphatic rings. The van der Waals surface area contributed by atoms with Crippen LogP contribution >= 0.6 is 0 Å². The largest absolute Gasteiger partial charge is 0.309 e. The van der Waals surface area contributed by atoms with Crippen LogP contribution in [0.15, 0.2) is 133 Å². The van der Waals surface area contributed by atoms with E-state index >= 15 is 0 Å². The van der Waals surface area contributed by atoms with Gasteiger partial charge in [0.2, 0.25) is 0 Å². The molecule has 2 heterocycles. The summed E-state index contributed by atoms with van der Waals surface area (Å²) >= 11 is 0. The zero-order valence-corrected chi connectivity index (χ0v) is 22.6. The van der Waals surface area contributed by atoms with E-state index in [4.69, 9.17) is 0 Å². The normalized spacial score (nSPS) is 11.8. The van der Waals surface area contributed by atoms with Gasteiger partial charge in [0.1, 0.15) is 0 Å². The lowest BCUT2D eigenvalue weighted by molar-refractivity contribution is 1.18. The highest BCUT2D eigenvalue weighted by molar-refractivity contribution is 6.10. The Hall–Kier alpha value is -5.08. The predicted octanol–water partition coefficient (Wildman–Crippen LogP) is 10.2. The molecule has 0 amide bonds. The summed E-state index contributed by atoms with van der Waals surface area (Å²) in [5.74, 6) is 0. The van der Waals surface area contributed by atoms with Gasteiger partial charge in [-0.2, -0.15) is 0 Å². The van der Waals surface area contributed by atoms with Crippen molar-refractivity contribution in [1.82, 2.24) is 9.13 Å². The third-order valence-corrected chi connectivity index (χ3v) is 8.24. The van der Waals surface area contributed by atoms with Gasteiger partial charge in [0, 0.05) is 32.9 Å². The number of para-hydroxylation sites is 2. The molecule has 2 heteroatoms. The van der Waals surface area contributed by atoms with Gasteiger partial charge in [-0.25, -0.2) is 0 Å². The number of benzene rings is 6. The molecule has 0 fully saturated rings. The molecule has 2 aromatic heterocycles. The van der Waals surface area contributed by atoms with E-state index in [0.29, 0.717) is 0 Å². The molecule has 0 saturated heterocycles. The van der Waals surface area contributed by atoms with Crippen LogP contribution in [0, 0.1) is 13.8 Å². The summed E-state index contributed by atoms with van der Waals surface area (Å²) in [7, 11) is 0. The third kappa shape index (κ3) is 3.43. The van der Waals surface area contributed by atoms with Crippen molar-refractivity contribution in [2.75, 3.05) is 0 Å². The number of aromatic nitrogens is 2. The van der Waals surface area contributed by atoms with Crippen LogP contribution in [0.2, 0.25) is 0 Å². The molecule has 2 nitrogen and oxygen atoms in total. The molecule has 0 spiro atoms. The van der Waals surface area contributed by atoms with Crippen molar-refractivity contribution in [3.8, 4) is 22.5 Å². The molecule has 0 atom stereocenters. The Kier molecular flexibility index (Phi) is 4.99. The SMILES string of the molecule is Cc1ccc2c(c1)c1cc(C)ccc1n2-c1ccc(-c2ccc(-n3c4ccccc4c4ccccc43)cc2)cc1. The summed E-state index contributed by atoms with van der Waals surface area (Å²) in [5, 5.41) is 5.19. The van der Waals surface area contributed by atoms with Gasteiger partial charge in [-0.05, 0) is 85.6 Å². The molecule has 0 bridgehead atoms. The Morgan fingerprint density at radius 2 is 0.725 bits per heavy atom. The van der Waals surface area contributed by atoms with E-state index in [1.165, 1.54) is 77.2 Å². The van der Waals surface area contributed by atoms with Gasteiger partial charge in [-0.15, -0.1) is 0 Å². The Balaban J connectivity index is 1.20. The number of aryl methyl sites for hydroxylation is 2. The molecular weight excluding hydrogens is 484 g/mol. The van der Waals surface area contributed by atoms with E-state index in [9.17, 15) is 0 Å². The number of rotatable bonds is 3. The Labute approximate surface area is 233 Å². The highest BCUT2D eigenvalue weighted by Gasteiger charge is 2.14. The second-order valence-corrected chi connectivity index (χ2v) is 10.8. The number of hydrogen-bond donors (Lipinski definition) is 0. The van der Waals surface area contributed by atoms with Crippen molar-refractivity contribution in [3.63, 3.8) is 0 Å². The second-order valence-electron chi connectivity index (χ2n) is 10.8. The van der Waals surface area contributed by atoms with Crippen LogP contribution in [0.4, 0.5) is 0 Å². The fourth-order valence-electron chi connectivity index (χ4n) is 6.34. The fourth-order valence-corrected chi connectivity index (χ4v) is 6.34. The standard InChI is InChI=1S/C38H28N2/c1-25-11-21-37-33(23-25)34-24-26(2)12-22-38(34)40(37)30-19-15-28(16-20-30)27-13-17-29(18-14-27)39-35-9-5-3-7-31(35)32-8-4-6-10-36(32)39/h3-24H,1-2H3. The van der Waals surface area contributed by atoms with E-state index in [2.05, 4.69) is 156 Å². The number of hydrogen-bond acceptors (Lipinski definition) is 0. The van der Waals surface area contributed by atoms with Crippen molar-refractivity contribution >= 4 is 43.6 Å². The van der Waals surface area contributed by atoms with Gasteiger partial charge in [0.05, 0.1) is 22.1 Å². The molecule has 0 saturated carbocycles. The van der Waals surface area contributed by atoms with Crippen LogP contribution < -0.4 is 0 Å². The van der Waals surface area contributed by atoms with E-state index in [0.717, 1.165) is 0 Å². The van der Waals surface area contributed by atoms with Crippen molar-refractivity contribution in [1.29, 1.82) is 0 Å². The maximum absolute atomic E-state index is 2.39. The summed E-state index contributed by atoms with van der Waals surface area (Å²) < 4.78 is 4.75. The maximum Gasteiger partial charge on any atom is 0.0541 e. The van der Waals surface area contributed by atoms with Gasteiger partial charge in [0.25, 0.3) is 0 Å². The molecule has 190 valence electrons. The van der Waals surface area contributed by atoms with Crippen molar-refractivity contribution < 1.29 is 0 Å². The topological polar surface area (TPSA) is 9.86 Å². The highest BCUT2D eigenvalue weighted by atomic mass is 15.0. The predicted molar refractivity (Wildman–Crippen MR) is 170 cm³/mol. The molecule has 6 aromatic carbocycles. The Morgan fingerprint density at radius 3 is 1.15 bits per heavy atom. The lowest BCUT2D eigenvalue weighted by atomic mass is 10.0. The molecular formula is C38H28N2. The zero-order chi connectivity index (χ0) is 26.8. The minimum atomic E-state index is 1.17. The molecule has 40 heavy (non-hydrogen) atoms. The first-order valence-corrected chi connectivity index (χ1v) is 13.9. The van der Waals surface area contributed by atoms with Crippen LogP contribution in [-0.2, 0) is 0 Å². The molecule has 0 radical (unpaired) electrons. The third-order valence-electron chi connectivity index (χ3n) is 8.24. The molecule has 8 aromatic rings. The molecule has 0 aliphatic carbocycles. The summed E-state index contributed by atoms with van der Waals surface area (Å²) in [5.41, 5.74) is 12.3. The lowest BCUT2D eigenvalue weighted by Gasteiger charge is -2.11. The first-order valence-electron chi connectivity index (χ1n) is 13.9. The van der Waals surface area contributed by atoms with E-state index in [1.807, 2.05) is 0 Å².